The van der Waals surface area contributed by atoms with Crippen molar-refractivity contribution < 1.29 is 14.3 Å². The molecule has 0 unspecified atom stereocenters. The molecule has 1 amide bonds. The smallest absolute Gasteiger partial charge is 0.227 e. The fraction of sp³-hybridized carbons (Fsp3) is 0.562. The average Bonchev–Trinajstić information content (AvgIpc) is 3.22. The van der Waals surface area contributed by atoms with E-state index in [0.717, 1.165) is 17.7 Å². The summed E-state index contributed by atoms with van der Waals surface area (Å²) in [6.07, 6.45) is 2.53. The third-order valence-corrected chi connectivity index (χ3v) is 6.37. The quantitative estimate of drug-likeness (QED) is 0.519. The number of carbonyl (C=O) groups excluding carboxylic acids is 2. The second-order valence-corrected chi connectivity index (χ2v) is 8.40. The number of thioether (sulfide) groups is 1. The lowest BCUT2D eigenvalue weighted by atomic mass is 10.3. The first kappa shape index (κ1) is 17.6. The minimum atomic E-state index is 0.0374. The number of hydrogen-bond acceptors (Lipinski definition) is 8. The Hall–Kier alpha value is -1.78. The molecule has 8 nitrogen and oxygen atoms in total. The minimum Gasteiger partial charge on any atom is -0.378 e. The van der Waals surface area contributed by atoms with Gasteiger partial charge in [-0.2, -0.15) is 0 Å². The van der Waals surface area contributed by atoms with E-state index in [9.17, 15) is 9.59 Å². The van der Waals surface area contributed by atoms with Crippen molar-refractivity contribution in [3.8, 4) is 0 Å². The molecule has 2 aromatic heterocycles. The molecule has 0 atom stereocenters. The van der Waals surface area contributed by atoms with Crippen molar-refractivity contribution in [1.29, 1.82) is 0 Å². The van der Waals surface area contributed by atoms with E-state index in [2.05, 4.69) is 15.5 Å². The number of ether oxygens (including phenoxy) is 1. The maximum atomic E-state index is 12.4. The van der Waals surface area contributed by atoms with Crippen molar-refractivity contribution in [2.75, 3.05) is 32.1 Å². The summed E-state index contributed by atoms with van der Waals surface area (Å²) in [5, 5.41) is 12.4. The van der Waals surface area contributed by atoms with E-state index in [-0.39, 0.29) is 11.7 Å². The molecule has 0 aromatic carbocycles. The van der Waals surface area contributed by atoms with E-state index < -0.39 is 0 Å². The molecule has 0 spiro atoms. The van der Waals surface area contributed by atoms with E-state index in [0.29, 0.717) is 54.6 Å². The summed E-state index contributed by atoms with van der Waals surface area (Å²) >= 11 is 2.76. The zero-order chi connectivity index (χ0) is 17.9. The largest absolute Gasteiger partial charge is 0.378 e. The van der Waals surface area contributed by atoms with Gasteiger partial charge in [-0.1, -0.05) is 11.8 Å². The Morgan fingerprint density at radius 1 is 1.27 bits per heavy atom. The van der Waals surface area contributed by atoms with Crippen LogP contribution in [-0.4, -0.2) is 68.9 Å². The van der Waals surface area contributed by atoms with Gasteiger partial charge < -0.3 is 9.64 Å². The maximum absolute atomic E-state index is 12.4. The number of ketones is 1. The van der Waals surface area contributed by atoms with Gasteiger partial charge in [0.05, 0.1) is 36.3 Å². The van der Waals surface area contributed by atoms with Crippen LogP contribution < -0.4 is 0 Å². The molecule has 2 aliphatic rings. The topological polar surface area (TPSA) is 90.2 Å². The predicted octanol–water partition coefficient (Wildman–Crippen LogP) is 1.45. The molecule has 2 fully saturated rings. The summed E-state index contributed by atoms with van der Waals surface area (Å²) in [4.78, 5) is 28.1. The number of rotatable bonds is 7. The zero-order valence-corrected chi connectivity index (χ0v) is 15.8. The Bertz CT molecular complexity index is 795. The number of aromatic nitrogens is 4. The highest BCUT2D eigenvalue weighted by Gasteiger charge is 2.28. The van der Waals surface area contributed by atoms with Gasteiger partial charge in [0.1, 0.15) is 0 Å². The predicted molar refractivity (Wildman–Crippen MR) is 96.6 cm³/mol. The lowest BCUT2D eigenvalue weighted by Gasteiger charge is -2.26. The van der Waals surface area contributed by atoms with Crippen molar-refractivity contribution in [1.82, 2.24) is 25.1 Å². The van der Waals surface area contributed by atoms with Crippen LogP contribution in [0.5, 0.6) is 0 Å². The minimum absolute atomic E-state index is 0.0374. The Morgan fingerprint density at radius 2 is 2.08 bits per heavy atom. The number of nitrogens with zero attached hydrogens (tertiary/aromatic N) is 5. The fourth-order valence-electron chi connectivity index (χ4n) is 2.73. The number of hydrogen-bond donors (Lipinski definition) is 0. The number of tetrazole rings is 1. The van der Waals surface area contributed by atoms with Crippen LogP contribution in [0.4, 0.5) is 0 Å². The van der Waals surface area contributed by atoms with Crippen molar-refractivity contribution in [2.45, 2.75) is 30.5 Å². The molecule has 10 heteroatoms. The van der Waals surface area contributed by atoms with Gasteiger partial charge in [0.2, 0.25) is 11.1 Å². The lowest BCUT2D eigenvalue weighted by Crippen LogP contribution is -2.41. The molecule has 4 rings (SSSR count). The van der Waals surface area contributed by atoms with Crippen LogP contribution in [0.1, 0.15) is 33.4 Å². The Balaban J connectivity index is 1.31. The summed E-state index contributed by atoms with van der Waals surface area (Å²) < 4.78 is 7.07. The van der Waals surface area contributed by atoms with E-state index in [1.165, 1.54) is 23.1 Å². The van der Waals surface area contributed by atoms with Gasteiger partial charge in [0.15, 0.2) is 5.78 Å². The Labute approximate surface area is 158 Å². The summed E-state index contributed by atoms with van der Waals surface area (Å²) in [5.41, 5.74) is 0. The van der Waals surface area contributed by atoms with Crippen LogP contribution in [0.15, 0.2) is 17.3 Å². The molecular formula is C16H19N5O3S2. The van der Waals surface area contributed by atoms with Gasteiger partial charge in [-0.05, 0) is 35.4 Å². The molecule has 2 aromatic rings. The highest BCUT2D eigenvalue weighted by molar-refractivity contribution is 7.99. The van der Waals surface area contributed by atoms with Crippen LogP contribution in [-0.2, 0) is 16.0 Å². The molecular weight excluding hydrogens is 374 g/mol. The zero-order valence-electron chi connectivity index (χ0n) is 14.2. The van der Waals surface area contributed by atoms with Crippen LogP contribution in [0.25, 0.3) is 0 Å². The second-order valence-electron chi connectivity index (χ2n) is 6.28. The first-order valence-electron chi connectivity index (χ1n) is 8.59. The third kappa shape index (κ3) is 4.13. The van der Waals surface area contributed by atoms with Gasteiger partial charge in [-0.25, -0.2) is 4.68 Å². The first-order chi connectivity index (χ1) is 12.7. The molecule has 138 valence electrons. The van der Waals surface area contributed by atoms with Gasteiger partial charge >= 0.3 is 0 Å². The average molecular weight is 393 g/mol. The number of thiophene rings is 1. The van der Waals surface area contributed by atoms with Crippen LogP contribution in [0, 0.1) is 0 Å². The van der Waals surface area contributed by atoms with E-state index in [4.69, 9.17) is 4.74 Å². The third-order valence-electron chi connectivity index (χ3n) is 4.31. The molecule has 0 N–H and O–H groups in total. The maximum Gasteiger partial charge on any atom is 0.227 e. The van der Waals surface area contributed by atoms with Gasteiger partial charge in [0.25, 0.3) is 0 Å². The summed E-state index contributed by atoms with van der Waals surface area (Å²) in [6, 6.07) is 4.07. The van der Waals surface area contributed by atoms with Gasteiger partial charge in [-0.15, -0.1) is 16.4 Å². The van der Waals surface area contributed by atoms with Crippen molar-refractivity contribution in [3.63, 3.8) is 0 Å². The van der Waals surface area contributed by atoms with Crippen LogP contribution in [0.2, 0.25) is 0 Å². The number of morpholine rings is 1. The summed E-state index contributed by atoms with van der Waals surface area (Å²) in [5.74, 6) is 0.423. The van der Waals surface area contributed by atoms with Crippen molar-refractivity contribution >= 4 is 34.8 Å². The van der Waals surface area contributed by atoms with Crippen molar-refractivity contribution in [2.24, 2.45) is 0 Å². The highest BCUT2D eigenvalue weighted by Crippen LogP contribution is 2.36. The molecule has 1 saturated carbocycles. The Morgan fingerprint density at radius 3 is 2.85 bits per heavy atom. The highest BCUT2D eigenvalue weighted by atomic mass is 32.2. The molecule has 26 heavy (non-hydrogen) atoms. The molecule has 0 radical (unpaired) electrons. The summed E-state index contributed by atoms with van der Waals surface area (Å²) in [7, 11) is 0. The number of amides is 1. The molecule has 0 bridgehead atoms. The first-order valence-corrected chi connectivity index (χ1v) is 10.4. The SMILES string of the molecule is O=C(CSc1nnnn1C1CC1)c1ccc(CC(=O)N2CCOCC2)s1. The monoisotopic (exact) mass is 393 g/mol. The van der Waals surface area contributed by atoms with Crippen LogP contribution in [0.3, 0.4) is 0 Å². The fourth-order valence-corrected chi connectivity index (χ4v) is 4.58. The molecule has 1 aliphatic heterocycles. The number of Topliss-reactive ketones (excluding diaryl/α,β-unsaturated/α-hetero) is 1. The number of carbonyl (C=O) groups is 2. The Kier molecular flexibility index (Phi) is 5.32. The normalized spacial score (nSPS) is 17.5. The molecule has 1 aliphatic carbocycles. The van der Waals surface area contributed by atoms with Gasteiger partial charge in [0, 0.05) is 18.0 Å². The summed E-state index contributed by atoms with van der Waals surface area (Å²) in [6.45, 7) is 2.47. The standard InChI is InChI=1S/C16H19N5O3S2/c22-13(10-25-16-17-18-19-21(16)11-1-2-11)14-4-3-12(26-14)9-15(23)20-5-7-24-8-6-20/h3-4,11H,1-2,5-10H2. The lowest BCUT2D eigenvalue weighted by molar-refractivity contribution is -0.134. The molecule has 1 saturated heterocycles. The van der Waals surface area contributed by atoms with E-state index in [1.54, 1.807) is 10.7 Å². The van der Waals surface area contributed by atoms with E-state index >= 15 is 0 Å². The van der Waals surface area contributed by atoms with E-state index in [1.807, 2.05) is 11.0 Å². The molecule has 3 heterocycles. The van der Waals surface area contributed by atoms with Gasteiger partial charge in [-0.3, -0.25) is 9.59 Å². The van der Waals surface area contributed by atoms with Crippen molar-refractivity contribution in [3.05, 3.63) is 21.9 Å². The second kappa shape index (κ2) is 7.85. The van der Waals surface area contributed by atoms with Crippen LogP contribution >= 0.6 is 23.1 Å².